The minimum Gasteiger partial charge on any atom is -0.438 e. The van der Waals surface area contributed by atoms with Crippen molar-refractivity contribution >= 4 is 11.7 Å². The zero-order valence-electron chi connectivity index (χ0n) is 12.9. The number of aliphatic imine (C=N–C) groups is 1. The fourth-order valence-corrected chi connectivity index (χ4v) is 1.34. The van der Waals surface area contributed by atoms with Gasteiger partial charge in [-0.05, 0) is 19.1 Å². The average molecular weight is 284 g/mol. The van der Waals surface area contributed by atoms with Crippen molar-refractivity contribution in [2.75, 3.05) is 7.05 Å². The molecule has 0 aliphatic heterocycles. The van der Waals surface area contributed by atoms with Crippen molar-refractivity contribution in [3.05, 3.63) is 54.1 Å². The van der Waals surface area contributed by atoms with Crippen molar-refractivity contribution < 1.29 is 9.53 Å². The Kier molecular flexibility index (Phi) is 8.87. The van der Waals surface area contributed by atoms with E-state index in [-0.39, 0.29) is 11.7 Å². The SMILES string of the molecule is C=C/C(=C\C(=NC)Oc1ccccc1C#N)C(C)=O.CC. The Morgan fingerprint density at radius 1 is 1.38 bits per heavy atom. The molecule has 0 unspecified atom stereocenters. The molecule has 0 atom stereocenters. The number of allylic oxidation sites excluding steroid dienone is 2. The van der Waals surface area contributed by atoms with Crippen molar-refractivity contribution in [2.45, 2.75) is 20.8 Å². The highest BCUT2D eigenvalue weighted by atomic mass is 16.5. The van der Waals surface area contributed by atoms with Gasteiger partial charge in [0.25, 0.3) is 0 Å². The van der Waals surface area contributed by atoms with Crippen molar-refractivity contribution in [1.29, 1.82) is 5.26 Å². The quantitative estimate of drug-likeness (QED) is 0.366. The average Bonchev–Trinajstić information content (AvgIpc) is 2.53. The number of para-hydroxylation sites is 1. The molecule has 21 heavy (non-hydrogen) atoms. The molecule has 0 aliphatic rings. The molecule has 0 aromatic heterocycles. The minimum atomic E-state index is -0.131. The predicted molar refractivity (Wildman–Crippen MR) is 85.5 cm³/mol. The van der Waals surface area contributed by atoms with E-state index in [0.717, 1.165) is 0 Å². The Morgan fingerprint density at radius 2 is 2.00 bits per heavy atom. The topological polar surface area (TPSA) is 62.4 Å². The van der Waals surface area contributed by atoms with Crippen LogP contribution in [0.1, 0.15) is 26.3 Å². The van der Waals surface area contributed by atoms with Crippen LogP contribution in [0.4, 0.5) is 0 Å². The highest BCUT2D eigenvalue weighted by Crippen LogP contribution is 2.17. The lowest BCUT2D eigenvalue weighted by Crippen LogP contribution is -2.08. The fourth-order valence-electron chi connectivity index (χ4n) is 1.34. The van der Waals surface area contributed by atoms with Crippen molar-refractivity contribution in [3.63, 3.8) is 0 Å². The molecule has 0 spiro atoms. The summed E-state index contributed by atoms with van der Waals surface area (Å²) in [5.41, 5.74) is 0.801. The first-order chi connectivity index (χ1) is 10.1. The maximum absolute atomic E-state index is 11.3. The van der Waals surface area contributed by atoms with Gasteiger partial charge in [-0.2, -0.15) is 5.26 Å². The van der Waals surface area contributed by atoms with E-state index < -0.39 is 0 Å². The van der Waals surface area contributed by atoms with Gasteiger partial charge in [0.2, 0.25) is 5.90 Å². The first-order valence-electron chi connectivity index (χ1n) is 6.61. The summed E-state index contributed by atoms with van der Waals surface area (Å²) in [6.45, 7) is 8.99. The number of rotatable bonds is 4. The second-order valence-corrected chi connectivity index (χ2v) is 3.63. The van der Waals surface area contributed by atoms with Gasteiger partial charge in [-0.3, -0.25) is 9.79 Å². The molecule has 0 heterocycles. The van der Waals surface area contributed by atoms with E-state index in [1.54, 1.807) is 31.3 Å². The predicted octanol–water partition coefficient (Wildman–Crippen LogP) is 3.69. The van der Waals surface area contributed by atoms with Crippen molar-refractivity contribution in [2.24, 2.45) is 4.99 Å². The van der Waals surface area contributed by atoms with Crippen LogP contribution >= 0.6 is 0 Å². The third-order valence-corrected chi connectivity index (χ3v) is 2.35. The monoisotopic (exact) mass is 284 g/mol. The third-order valence-electron chi connectivity index (χ3n) is 2.35. The van der Waals surface area contributed by atoms with Crippen molar-refractivity contribution in [1.82, 2.24) is 0 Å². The molecule has 0 fully saturated rings. The molecule has 4 heteroatoms. The molecule has 4 nitrogen and oxygen atoms in total. The van der Waals surface area contributed by atoms with Crippen LogP contribution in [0.5, 0.6) is 5.75 Å². The molecule has 0 radical (unpaired) electrons. The fraction of sp³-hybridized carbons (Fsp3) is 0.235. The van der Waals surface area contributed by atoms with Gasteiger partial charge in [-0.25, -0.2) is 0 Å². The lowest BCUT2D eigenvalue weighted by molar-refractivity contribution is -0.113. The summed E-state index contributed by atoms with van der Waals surface area (Å²) >= 11 is 0. The summed E-state index contributed by atoms with van der Waals surface area (Å²) in [6.07, 6.45) is 2.93. The van der Waals surface area contributed by atoms with Gasteiger partial charge >= 0.3 is 0 Å². The second kappa shape index (κ2) is 10.2. The molecule has 0 N–H and O–H groups in total. The number of ether oxygens (including phenoxy) is 1. The Morgan fingerprint density at radius 3 is 2.48 bits per heavy atom. The number of carbonyl (C=O) groups excluding carboxylic acids is 1. The number of nitrogens with zero attached hydrogens (tertiary/aromatic N) is 2. The van der Waals surface area contributed by atoms with E-state index in [4.69, 9.17) is 10.00 Å². The van der Waals surface area contributed by atoms with E-state index in [0.29, 0.717) is 16.9 Å². The molecule has 0 amide bonds. The van der Waals surface area contributed by atoms with Gasteiger partial charge in [0.1, 0.15) is 11.8 Å². The summed E-state index contributed by atoms with van der Waals surface area (Å²) < 4.78 is 5.52. The summed E-state index contributed by atoms with van der Waals surface area (Å²) in [7, 11) is 1.54. The van der Waals surface area contributed by atoms with E-state index in [1.165, 1.54) is 19.1 Å². The largest absolute Gasteiger partial charge is 0.438 e. The van der Waals surface area contributed by atoms with Crippen LogP contribution in [-0.2, 0) is 4.79 Å². The Hall–Kier alpha value is -2.67. The maximum atomic E-state index is 11.3. The lowest BCUT2D eigenvalue weighted by atomic mass is 10.1. The van der Waals surface area contributed by atoms with Crippen LogP contribution in [0.25, 0.3) is 0 Å². The zero-order chi connectivity index (χ0) is 16.3. The van der Waals surface area contributed by atoms with Crippen LogP contribution in [0.2, 0.25) is 0 Å². The van der Waals surface area contributed by atoms with Gasteiger partial charge in [0.05, 0.1) is 5.56 Å². The standard InChI is InChI=1S/C15H14N2O2.C2H6/c1-4-12(11(2)18)9-15(17-3)19-14-8-6-5-7-13(14)10-16;1-2/h4-9H,1H2,2-3H3;1-2H3/b12-9+,17-15?;. The molecule has 1 aromatic rings. The van der Waals surface area contributed by atoms with Gasteiger partial charge in [-0.15, -0.1) is 0 Å². The second-order valence-electron chi connectivity index (χ2n) is 3.63. The number of benzene rings is 1. The normalized spacial score (nSPS) is 10.8. The van der Waals surface area contributed by atoms with Crippen LogP contribution in [0.15, 0.2) is 53.6 Å². The van der Waals surface area contributed by atoms with Crippen LogP contribution < -0.4 is 4.74 Å². The van der Waals surface area contributed by atoms with Crippen molar-refractivity contribution in [3.8, 4) is 11.8 Å². The number of ketones is 1. The zero-order valence-corrected chi connectivity index (χ0v) is 12.9. The van der Waals surface area contributed by atoms with Crippen LogP contribution in [-0.4, -0.2) is 18.7 Å². The molecular weight excluding hydrogens is 264 g/mol. The van der Waals surface area contributed by atoms with Gasteiger partial charge in [0.15, 0.2) is 5.78 Å². The Balaban J connectivity index is 0.00000191. The summed E-state index contributed by atoms with van der Waals surface area (Å²) in [5.74, 6) is 0.509. The number of hydrogen-bond donors (Lipinski definition) is 0. The summed E-state index contributed by atoms with van der Waals surface area (Å²) in [4.78, 5) is 15.2. The number of nitriles is 1. The highest BCUT2D eigenvalue weighted by Gasteiger charge is 2.07. The number of hydrogen-bond acceptors (Lipinski definition) is 4. The van der Waals surface area contributed by atoms with E-state index in [1.807, 2.05) is 19.9 Å². The third kappa shape index (κ3) is 5.87. The Bertz CT molecular complexity index is 593. The molecular formula is C17H20N2O2. The first kappa shape index (κ1) is 18.3. The molecule has 0 aliphatic carbocycles. The minimum absolute atomic E-state index is 0.131. The summed E-state index contributed by atoms with van der Waals surface area (Å²) in [5, 5.41) is 8.96. The van der Waals surface area contributed by atoms with E-state index in [9.17, 15) is 4.79 Å². The molecule has 110 valence electrons. The maximum Gasteiger partial charge on any atom is 0.215 e. The van der Waals surface area contributed by atoms with Gasteiger partial charge in [-0.1, -0.05) is 38.6 Å². The molecule has 1 aromatic carbocycles. The molecule has 1 rings (SSSR count). The molecule has 0 saturated heterocycles. The number of Topliss-reactive ketones (excluding diaryl/α,β-unsaturated/α-hetero) is 1. The lowest BCUT2D eigenvalue weighted by Gasteiger charge is -2.07. The van der Waals surface area contributed by atoms with E-state index >= 15 is 0 Å². The van der Waals surface area contributed by atoms with Gasteiger partial charge < -0.3 is 4.74 Å². The highest BCUT2D eigenvalue weighted by molar-refractivity contribution is 6.03. The molecule has 0 saturated carbocycles. The smallest absolute Gasteiger partial charge is 0.215 e. The first-order valence-corrected chi connectivity index (χ1v) is 6.61. The van der Waals surface area contributed by atoms with Crippen LogP contribution in [0, 0.1) is 11.3 Å². The van der Waals surface area contributed by atoms with Crippen LogP contribution in [0.3, 0.4) is 0 Å². The summed E-state index contributed by atoms with van der Waals surface area (Å²) in [6, 6.07) is 8.84. The Labute approximate surface area is 126 Å². The number of carbonyl (C=O) groups is 1. The van der Waals surface area contributed by atoms with Gasteiger partial charge in [0, 0.05) is 18.7 Å². The molecule has 0 bridgehead atoms. The van der Waals surface area contributed by atoms with E-state index in [2.05, 4.69) is 11.6 Å².